The van der Waals surface area contributed by atoms with E-state index < -0.39 is 23.0 Å². The molecule has 2 fully saturated rings. The van der Waals surface area contributed by atoms with E-state index in [0.717, 1.165) is 35.3 Å². The van der Waals surface area contributed by atoms with Gasteiger partial charge in [-0.3, -0.25) is 9.69 Å². The van der Waals surface area contributed by atoms with Crippen molar-refractivity contribution in [2.24, 2.45) is 5.92 Å². The Labute approximate surface area is 255 Å². The number of carbonyl (C=O) groups is 1. The van der Waals surface area contributed by atoms with Gasteiger partial charge in [-0.15, -0.1) is 0 Å². The van der Waals surface area contributed by atoms with Crippen molar-refractivity contribution in [3.05, 3.63) is 77.1 Å². The molecule has 1 spiro atoms. The number of hydrogen-bond donors (Lipinski definition) is 4. The average Bonchev–Trinajstić information content (AvgIpc) is 3.57. The van der Waals surface area contributed by atoms with Crippen LogP contribution in [-0.4, -0.2) is 63.8 Å². The second-order valence-electron chi connectivity index (χ2n) is 13.1. The van der Waals surface area contributed by atoms with Crippen molar-refractivity contribution in [3.63, 3.8) is 0 Å². The van der Waals surface area contributed by atoms with E-state index in [2.05, 4.69) is 10.2 Å². The molecule has 0 radical (unpaired) electrons. The van der Waals surface area contributed by atoms with Gasteiger partial charge in [-0.05, 0) is 99.0 Å². The molecule has 3 aromatic rings. The van der Waals surface area contributed by atoms with Gasteiger partial charge in [-0.2, -0.15) is 0 Å². The fourth-order valence-electron chi connectivity index (χ4n) is 7.96. The topological polar surface area (TPSA) is 121 Å². The first-order valence-electron chi connectivity index (χ1n) is 15.4. The fraction of sp³-hybridized carbons (Fsp3) is 0.400. The zero-order valence-corrected chi connectivity index (χ0v) is 24.8. The summed E-state index contributed by atoms with van der Waals surface area (Å²) in [5, 5.41) is 37.9. The van der Waals surface area contributed by atoms with E-state index in [1.165, 1.54) is 12.8 Å². The maximum absolute atomic E-state index is 13.6. The molecule has 4 atom stereocenters. The van der Waals surface area contributed by atoms with Crippen molar-refractivity contribution in [1.29, 1.82) is 0 Å². The van der Waals surface area contributed by atoms with E-state index in [0.29, 0.717) is 35.9 Å². The monoisotopic (exact) mass is 596 g/mol. The molecule has 3 aromatic carbocycles. The molecule has 44 heavy (non-hydrogen) atoms. The maximum atomic E-state index is 13.6. The van der Waals surface area contributed by atoms with E-state index in [-0.39, 0.29) is 35.7 Å². The number of nitrogens with one attached hydrogen (secondary N) is 1. The van der Waals surface area contributed by atoms with Crippen molar-refractivity contribution >= 4 is 11.6 Å². The van der Waals surface area contributed by atoms with Gasteiger partial charge in [-0.1, -0.05) is 24.3 Å². The smallest absolute Gasteiger partial charge is 0.254 e. The lowest BCUT2D eigenvalue weighted by Crippen LogP contribution is -2.73. The number of carbonyl (C=O) groups excluding carboxylic acids is 1. The number of aliphatic hydroxyl groups excluding tert-OH is 1. The third kappa shape index (κ3) is 3.95. The fourth-order valence-corrected chi connectivity index (χ4v) is 7.96. The van der Waals surface area contributed by atoms with Crippen molar-refractivity contribution < 1.29 is 34.3 Å². The van der Waals surface area contributed by atoms with Crippen LogP contribution in [0.2, 0.25) is 0 Å². The summed E-state index contributed by atoms with van der Waals surface area (Å²) < 4.78 is 17.3. The number of benzene rings is 3. The first-order valence-corrected chi connectivity index (χ1v) is 15.4. The van der Waals surface area contributed by atoms with E-state index in [9.17, 15) is 20.1 Å². The number of likely N-dealkylation sites (tertiary alicyclic amines) is 1. The Balaban J connectivity index is 1.12. The minimum atomic E-state index is -1.28. The van der Waals surface area contributed by atoms with Gasteiger partial charge in [0.1, 0.15) is 5.76 Å². The van der Waals surface area contributed by atoms with Crippen LogP contribution in [0, 0.1) is 5.92 Å². The van der Waals surface area contributed by atoms with Crippen LogP contribution in [0.3, 0.4) is 0 Å². The minimum Gasteiger partial charge on any atom is -0.508 e. The Hall–Kier alpha value is -4.21. The summed E-state index contributed by atoms with van der Waals surface area (Å²) in [7, 11) is 0. The van der Waals surface area contributed by atoms with Gasteiger partial charge in [0, 0.05) is 23.8 Å². The molecule has 8 rings (SSSR count). The molecule has 0 unspecified atom stereocenters. The normalized spacial score (nSPS) is 28.6. The molecule has 1 saturated carbocycles. The Morgan fingerprint density at radius 2 is 1.86 bits per heavy atom. The first-order chi connectivity index (χ1) is 21.2. The number of phenols is 1. The summed E-state index contributed by atoms with van der Waals surface area (Å²) in [4.78, 5) is 16.0. The average molecular weight is 597 g/mol. The summed E-state index contributed by atoms with van der Waals surface area (Å²) in [5.41, 5.74) is 1.90. The molecule has 228 valence electrons. The number of aliphatic hydroxyl groups is 2. The Morgan fingerprint density at radius 1 is 1.07 bits per heavy atom. The standard InChI is InChI=1S/C35H36N2O7/c1-19(33(40)36-24-5-3-4-21(14-24)22-9-11-26-27(15-22)43-18-42-26)30(39)32-35-12-13-37(17-20-6-7-20)28(34(35,2)41)16-23-8-10-25(38)31(44-32)29(23)35/h3-5,8-11,14-15,20,28,32,38-39,41H,6-7,12-13,16-18H2,1-2H3,(H,36,40)/b30-19-/t28-,32+,34-,35+/m1/s1. The van der Waals surface area contributed by atoms with Crippen molar-refractivity contribution in [2.75, 3.05) is 25.2 Å². The highest BCUT2D eigenvalue weighted by Crippen LogP contribution is 2.63. The molecule has 2 aliphatic carbocycles. The summed E-state index contributed by atoms with van der Waals surface area (Å²) in [5.74, 6) is 1.56. The van der Waals surface area contributed by atoms with Crippen molar-refractivity contribution in [3.8, 4) is 34.1 Å². The lowest BCUT2D eigenvalue weighted by atomic mass is 9.53. The number of phenolic OH excluding ortho intramolecular Hbond substituents is 1. The molecule has 0 aromatic heterocycles. The zero-order chi connectivity index (χ0) is 30.4. The van der Waals surface area contributed by atoms with Gasteiger partial charge < -0.3 is 34.8 Å². The van der Waals surface area contributed by atoms with Gasteiger partial charge >= 0.3 is 0 Å². The second-order valence-corrected chi connectivity index (χ2v) is 13.1. The molecular formula is C35H36N2O7. The van der Waals surface area contributed by atoms with E-state index in [1.807, 2.05) is 49.4 Å². The van der Waals surface area contributed by atoms with Gasteiger partial charge in [-0.25, -0.2) is 0 Å². The number of fused-ring (bicyclic) bond motifs is 2. The number of nitrogens with zero attached hydrogens (tertiary/aromatic N) is 1. The molecule has 4 N–H and O–H groups in total. The lowest BCUT2D eigenvalue weighted by molar-refractivity contribution is -0.153. The zero-order valence-electron chi connectivity index (χ0n) is 24.8. The quantitative estimate of drug-likeness (QED) is 0.231. The van der Waals surface area contributed by atoms with E-state index in [1.54, 1.807) is 19.1 Å². The van der Waals surface area contributed by atoms with Crippen LogP contribution in [0.4, 0.5) is 5.69 Å². The number of ether oxygens (including phenoxy) is 3. The minimum absolute atomic E-state index is 0.0319. The van der Waals surface area contributed by atoms with Crippen LogP contribution in [0.15, 0.2) is 65.9 Å². The molecule has 1 saturated heterocycles. The number of amides is 1. The van der Waals surface area contributed by atoms with Crippen LogP contribution >= 0.6 is 0 Å². The van der Waals surface area contributed by atoms with E-state index >= 15 is 0 Å². The number of anilines is 1. The van der Waals surface area contributed by atoms with Crippen LogP contribution in [0.25, 0.3) is 11.1 Å². The maximum Gasteiger partial charge on any atom is 0.254 e. The highest BCUT2D eigenvalue weighted by atomic mass is 16.7. The highest BCUT2D eigenvalue weighted by Gasteiger charge is 2.69. The lowest BCUT2D eigenvalue weighted by Gasteiger charge is -2.59. The van der Waals surface area contributed by atoms with Crippen LogP contribution in [0.5, 0.6) is 23.0 Å². The predicted octanol–water partition coefficient (Wildman–Crippen LogP) is 5.05. The summed E-state index contributed by atoms with van der Waals surface area (Å²) in [6.45, 7) is 5.26. The molecule has 9 nitrogen and oxygen atoms in total. The summed E-state index contributed by atoms with van der Waals surface area (Å²) in [6, 6.07) is 16.5. The Bertz CT molecular complexity index is 1730. The third-order valence-corrected chi connectivity index (χ3v) is 10.5. The number of aromatic hydroxyl groups is 1. The Morgan fingerprint density at radius 3 is 2.68 bits per heavy atom. The van der Waals surface area contributed by atoms with Crippen molar-refractivity contribution in [1.82, 2.24) is 4.90 Å². The van der Waals surface area contributed by atoms with E-state index in [4.69, 9.17) is 14.2 Å². The SMILES string of the molecule is C/C(C(=O)Nc1cccc(-c2ccc3c(c2)OCO3)c1)=C(/O)[C@@H]1Oc2c(O)ccc3c2[C@@]12CCN(CC1CC1)[C@H](C3)[C@@]2(C)O. The van der Waals surface area contributed by atoms with Gasteiger partial charge in [0.2, 0.25) is 6.79 Å². The molecule has 2 bridgehead atoms. The number of piperidine rings is 1. The Kier molecular flexibility index (Phi) is 5.99. The molecule has 1 amide bonds. The predicted molar refractivity (Wildman–Crippen MR) is 163 cm³/mol. The number of hydrogen-bond acceptors (Lipinski definition) is 8. The molecule has 5 aliphatic rings. The largest absolute Gasteiger partial charge is 0.508 e. The third-order valence-electron chi connectivity index (χ3n) is 10.5. The molecule has 3 aliphatic heterocycles. The van der Waals surface area contributed by atoms with Crippen LogP contribution in [-0.2, 0) is 16.6 Å². The number of rotatable bonds is 6. The molecule has 3 heterocycles. The van der Waals surface area contributed by atoms with Gasteiger partial charge in [0.05, 0.1) is 16.6 Å². The van der Waals surface area contributed by atoms with Gasteiger partial charge in [0.15, 0.2) is 29.1 Å². The summed E-state index contributed by atoms with van der Waals surface area (Å²) >= 11 is 0. The first kappa shape index (κ1) is 27.3. The summed E-state index contributed by atoms with van der Waals surface area (Å²) in [6.07, 6.45) is 2.55. The molecular weight excluding hydrogens is 560 g/mol. The van der Waals surface area contributed by atoms with Crippen molar-refractivity contribution in [2.45, 2.75) is 62.7 Å². The molecule has 9 heteroatoms. The van der Waals surface area contributed by atoms with Gasteiger partial charge in [0.25, 0.3) is 5.91 Å². The second kappa shape index (κ2) is 9.64. The highest BCUT2D eigenvalue weighted by molar-refractivity contribution is 6.04. The van der Waals surface area contributed by atoms with Crippen LogP contribution in [0.1, 0.15) is 44.2 Å². The van der Waals surface area contributed by atoms with Crippen LogP contribution < -0.4 is 19.5 Å².